The van der Waals surface area contributed by atoms with Crippen LogP contribution in [-0.2, 0) is 19.2 Å². The number of ether oxygens (including phenoxy) is 2. The highest BCUT2D eigenvalue weighted by Gasteiger charge is 2.74. The van der Waals surface area contributed by atoms with E-state index in [1.165, 1.54) is 0 Å². The third-order valence-corrected chi connectivity index (χ3v) is 8.54. The summed E-state index contributed by atoms with van der Waals surface area (Å²) >= 11 is 0. The number of rotatable bonds is 4. The molecule has 2 heterocycles. The average Bonchev–Trinajstić information content (AvgIpc) is 3.30. The molecule has 2 aromatic rings. The maximum absolute atomic E-state index is 13.8. The number of carbonyl (C=O) groups excluding carboxylic acids is 4. The molecule has 14 heteroatoms. The molecule has 0 spiro atoms. The summed E-state index contributed by atoms with van der Waals surface area (Å²) in [4.78, 5) is 56.9. The van der Waals surface area contributed by atoms with E-state index in [-0.39, 0.29) is 11.4 Å². The highest BCUT2D eigenvalue weighted by molar-refractivity contribution is 6.26. The van der Waals surface area contributed by atoms with Crippen LogP contribution in [-0.4, -0.2) is 36.4 Å². The standard InChI is InChI=1S/C28H20F6N2O6/c1-12-11-26(2)20-18(22(37)35(24(20)39)13-3-7-15(8-4-13)41-27(29,30)31)17(12)19-21(26)25(40)36(23(19)38)14-5-9-16(10-6-14)42-28(32,33)34/h3-11,17-21H,1-2H3/t17?,18-,19+,20-,21-,26?/m1/s1. The first kappa shape index (κ1) is 27.8. The summed E-state index contributed by atoms with van der Waals surface area (Å²) in [5.74, 6) is -8.63. The van der Waals surface area contributed by atoms with Crippen LogP contribution in [0.3, 0.4) is 0 Å². The van der Waals surface area contributed by atoms with Gasteiger partial charge in [-0.25, -0.2) is 0 Å². The maximum atomic E-state index is 13.8. The molecule has 8 nitrogen and oxygen atoms in total. The Bertz CT molecular complexity index is 1440. The van der Waals surface area contributed by atoms with E-state index < -0.39 is 82.9 Å². The molecule has 0 N–H and O–H groups in total. The Hall–Kier alpha value is -4.36. The van der Waals surface area contributed by atoms with Gasteiger partial charge < -0.3 is 9.47 Å². The molecule has 2 aliphatic heterocycles. The first-order chi connectivity index (χ1) is 19.5. The van der Waals surface area contributed by atoms with Crippen LogP contribution in [0.5, 0.6) is 11.5 Å². The van der Waals surface area contributed by atoms with E-state index in [1.54, 1.807) is 19.9 Å². The summed E-state index contributed by atoms with van der Waals surface area (Å²) in [6.07, 6.45) is -8.14. The second-order valence-corrected chi connectivity index (χ2v) is 10.9. The Morgan fingerprint density at radius 3 is 1.31 bits per heavy atom. The van der Waals surface area contributed by atoms with Gasteiger partial charge in [-0.2, -0.15) is 0 Å². The Balaban J connectivity index is 1.33. The van der Waals surface area contributed by atoms with Crippen molar-refractivity contribution in [2.75, 3.05) is 9.80 Å². The molecule has 3 fully saturated rings. The number of allylic oxidation sites excluding steroid dienone is 2. The zero-order chi connectivity index (χ0) is 30.5. The van der Waals surface area contributed by atoms with Gasteiger partial charge in [0.1, 0.15) is 11.5 Å². The number of nitrogens with zero attached hydrogens (tertiary/aromatic N) is 2. The number of benzene rings is 2. The zero-order valence-electron chi connectivity index (χ0n) is 21.7. The van der Waals surface area contributed by atoms with Crippen LogP contribution in [0.25, 0.3) is 0 Å². The van der Waals surface area contributed by atoms with Gasteiger partial charge in [0.15, 0.2) is 0 Å². The fourth-order valence-corrected chi connectivity index (χ4v) is 7.27. The fourth-order valence-electron chi connectivity index (χ4n) is 7.27. The Labute approximate surface area is 233 Å². The molecule has 2 bridgehead atoms. The van der Waals surface area contributed by atoms with E-state index in [4.69, 9.17) is 0 Å². The lowest BCUT2D eigenvalue weighted by molar-refractivity contribution is -0.275. The summed E-state index contributed by atoms with van der Waals surface area (Å²) in [5, 5.41) is 0. The van der Waals surface area contributed by atoms with E-state index in [1.807, 2.05) is 0 Å². The lowest BCUT2D eigenvalue weighted by Gasteiger charge is -2.53. The van der Waals surface area contributed by atoms with E-state index in [0.29, 0.717) is 5.57 Å². The second-order valence-electron chi connectivity index (χ2n) is 10.9. The van der Waals surface area contributed by atoms with Crippen LogP contribution in [0.4, 0.5) is 37.7 Å². The van der Waals surface area contributed by atoms with Crippen molar-refractivity contribution in [2.24, 2.45) is 35.0 Å². The number of anilines is 2. The van der Waals surface area contributed by atoms with Gasteiger partial charge in [0, 0.05) is 11.3 Å². The molecule has 220 valence electrons. The first-order valence-electron chi connectivity index (χ1n) is 12.7. The minimum Gasteiger partial charge on any atom is -0.406 e. The summed E-state index contributed by atoms with van der Waals surface area (Å²) in [6, 6.07) is 8.44. The average molecular weight is 594 g/mol. The molecule has 3 aliphatic carbocycles. The molecule has 5 aliphatic rings. The van der Waals surface area contributed by atoms with Crippen molar-refractivity contribution in [3.63, 3.8) is 0 Å². The third-order valence-electron chi connectivity index (χ3n) is 8.54. The van der Waals surface area contributed by atoms with Crippen molar-refractivity contribution < 1.29 is 55.0 Å². The van der Waals surface area contributed by atoms with Crippen molar-refractivity contribution in [3.8, 4) is 11.5 Å². The second kappa shape index (κ2) is 8.82. The predicted molar refractivity (Wildman–Crippen MR) is 131 cm³/mol. The maximum Gasteiger partial charge on any atom is 0.573 e. The Morgan fingerprint density at radius 1 is 0.619 bits per heavy atom. The molecule has 6 atom stereocenters. The van der Waals surface area contributed by atoms with E-state index >= 15 is 0 Å². The number of hydrogen-bond acceptors (Lipinski definition) is 6. The van der Waals surface area contributed by atoms with Gasteiger partial charge in [0.05, 0.1) is 35.0 Å². The van der Waals surface area contributed by atoms with Gasteiger partial charge in [-0.3, -0.25) is 29.0 Å². The molecule has 2 saturated heterocycles. The molecule has 2 unspecified atom stereocenters. The molecule has 2 aromatic carbocycles. The Kier molecular flexibility index (Phi) is 5.84. The highest BCUT2D eigenvalue weighted by Crippen LogP contribution is 2.66. The number of halogens is 6. The van der Waals surface area contributed by atoms with Crippen LogP contribution in [0, 0.1) is 35.0 Å². The van der Waals surface area contributed by atoms with Gasteiger partial charge in [-0.05, 0) is 55.5 Å². The van der Waals surface area contributed by atoms with Crippen LogP contribution < -0.4 is 19.3 Å². The van der Waals surface area contributed by atoms with Crippen molar-refractivity contribution >= 4 is 35.0 Å². The van der Waals surface area contributed by atoms with Gasteiger partial charge >= 0.3 is 12.7 Å². The van der Waals surface area contributed by atoms with Gasteiger partial charge in [-0.1, -0.05) is 18.6 Å². The largest absolute Gasteiger partial charge is 0.573 e. The summed E-state index contributed by atoms with van der Waals surface area (Å²) < 4.78 is 83.2. The summed E-state index contributed by atoms with van der Waals surface area (Å²) in [5.41, 5.74) is -0.621. The van der Waals surface area contributed by atoms with Crippen molar-refractivity contribution in [1.82, 2.24) is 0 Å². The molecule has 1 saturated carbocycles. The number of hydrogen-bond donors (Lipinski definition) is 0. The quantitative estimate of drug-likeness (QED) is 0.282. The third kappa shape index (κ3) is 4.06. The fraction of sp³-hybridized carbons (Fsp3) is 0.357. The summed E-state index contributed by atoms with van der Waals surface area (Å²) in [6.45, 7) is 3.31. The van der Waals surface area contributed by atoms with Gasteiger partial charge in [-0.15, -0.1) is 26.3 Å². The minimum atomic E-state index is -4.93. The number of imide groups is 2. The zero-order valence-corrected chi connectivity index (χ0v) is 21.7. The predicted octanol–water partition coefficient (Wildman–Crippen LogP) is 4.99. The SMILES string of the molecule is CC1=CC2(C)[C@H]3C(=O)N(c4ccc(OC(F)(F)F)cc4)C(=O)[C@@H]3C1[C@@H]1C(=O)N(c3ccc(OC(F)(F)F)cc3)C(=O)[C@@H]12. The van der Waals surface area contributed by atoms with Gasteiger partial charge in [0.25, 0.3) is 0 Å². The van der Waals surface area contributed by atoms with E-state index in [0.717, 1.165) is 58.3 Å². The molecule has 4 amide bonds. The summed E-state index contributed by atoms with van der Waals surface area (Å²) in [7, 11) is 0. The van der Waals surface area contributed by atoms with Crippen molar-refractivity contribution in [1.29, 1.82) is 0 Å². The number of amides is 4. The topological polar surface area (TPSA) is 93.2 Å². The lowest BCUT2D eigenvalue weighted by Crippen LogP contribution is -2.57. The van der Waals surface area contributed by atoms with Crippen molar-refractivity contribution in [2.45, 2.75) is 26.6 Å². The van der Waals surface area contributed by atoms with E-state index in [2.05, 4.69) is 9.47 Å². The van der Waals surface area contributed by atoms with Crippen LogP contribution in [0.2, 0.25) is 0 Å². The minimum absolute atomic E-state index is 0.0141. The molecular formula is C28H20F6N2O6. The lowest BCUT2D eigenvalue weighted by atomic mass is 9.46. The molecule has 0 aromatic heterocycles. The van der Waals surface area contributed by atoms with Crippen LogP contribution >= 0.6 is 0 Å². The highest BCUT2D eigenvalue weighted by atomic mass is 19.4. The molecule has 7 rings (SSSR count). The van der Waals surface area contributed by atoms with Gasteiger partial charge in [0.2, 0.25) is 23.6 Å². The van der Waals surface area contributed by atoms with E-state index in [9.17, 15) is 45.5 Å². The normalized spacial score (nSPS) is 30.5. The Morgan fingerprint density at radius 2 is 0.976 bits per heavy atom. The smallest absolute Gasteiger partial charge is 0.406 e. The monoisotopic (exact) mass is 594 g/mol. The molecule has 0 radical (unpaired) electrons. The molecule has 42 heavy (non-hydrogen) atoms. The molecular weight excluding hydrogens is 574 g/mol. The number of carbonyl (C=O) groups is 4. The van der Waals surface area contributed by atoms with Crippen LogP contribution in [0.1, 0.15) is 13.8 Å². The number of alkyl halides is 6. The van der Waals surface area contributed by atoms with Crippen molar-refractivity contribution in [3.05, 3.63) is 60.2 Å². The van der Waals surface area contributed by atoms with Crippen LogP contribution in [0.15, 0.2) is 60.2 Å². The first-order valence-corrected chi connectivity index (χ1v) is 12.7.